The monoisotopic (exact) mass is 230 g/mol. The summed E-state index contributed by atoms with van der Waals surface area (Å²) in [6, 6.07) is 0. The molecule has 0 aliphatic carbocycles. The van der Waals surface area contributed by atoms with E-state index in [1.165, 1.54) is 32.1 Å². The van der Waals surface area contributed by atoms with Crippen molar-refractivity contribution in [2.24, 2.45) is 0 Å². The van der Waals surface area contributed by atoms with Gasteiger partial charge in [0.25, 0.3) is 0 Å². The number of hydrogen-bond acceptors (Lipinski definition) is 3. The van der Waals surface area contributed by atoms with E-state index in [0.29, 0.717) is 19.6 Å². The number of rotatable bonds is 11. The lowest BCUT2D eigenvalue weighted by Crippen LogP contribution is -2.08. The molecule has 0 N–H and O–H groups in total. The summed E-state index contributed by atoms with van der Waals surface area (Å²) < 4.78 is 10.2. The third-order valence-corrected chi connectivity index (χ3v) is 2.40. The van der Waals surface area contributed by atoms with Gasteiger partial charge in [-0.1, -0.05) is 39.0 Å². The second-order valence-electron chi connectivity index (χ2n) is 3.94. The molecule has 0 saturated heterocycles. The molecule has 0 amide bonds. The highest BCUT2D eigenvalue weighted by Crippen LogP contribution is 2.04. The molecule has 16 heavy (non-hydrogen) atoms. The zero-order valence-corrected chi connectivity index (χ0v) is 10.8. The summed E-state index contributed by atoms with van der Waals surface area (Å²) in [7, 11) is 0. The van der Waals surface area contributed by atoms with Crippen LogP contribution in [0.5, 0.6) is 0 Å². The highest BCUT2D eigenvalue weighted by molar-refractivity contribution is 5.69. The Morgan fingerprint density at radius 1 is 0.938 bits per heavy atom. The Bertz CT molecular complexity index is 157. The van der Waals surface area contributed by atoms with E-state index >= 15 is 0 Å². The lowest BCUT2D eigenvalue weighted by atomic mass is 10.1. The van der Waals surface area contributed by atoms with Crippen LogP contribution in [0.15, 0.2) is 0 Å². The molecule has 0 rings (SSSR count). The maximum absolute atomic E-state index is 10.9. The van der Waals surface area contributed by atoms with Crippen LogP contribution in [0.2, 0.25) is 0 Å². The smallest absolute Gasteiger partial charge is 0.308 e. The number of hydrogen-bond donors (Lipinski definition) is 0. The molecular weight excluding hydrogens is 204 g/mol. The molecular formula is C13H26O3. The first-order valence-corrected chi connectivity index (χ1v) is 6.54. The largest absolute Gasteiger partial charge is 0.466 e. The Kier molecular flexibility index (Phi) is 12.1. The molecule has 0 unspecified atom stereocenters. The number of esters is 1. The summed E-state index contributed by atoms with van der Waals surface area (Å²) in [5.74, 6) is -0.162. The van der Waals surface area contributed by atoms with Crippen molar-refractivity contribution in [2.45, 2.75) is 58.8 Å². The van der Waals surface area contributed by atoms with Crippen molar-refractivity contribution in [3.05, 3.63) is 0 Å². The first-order chi connectivity index (χ1) is 7.81. The van der Waals surface area contributed by atoms with E-state index < -0.39 is 0 Å². The van der Waals surface area contributed by atoms with E-state index in [-0.39, 0.29) is 5.97 Å². The van der Waals surface area contributed by atoms with Gasteiger partial charge in [-0.2, -0.15) is 0 Å². The van der Waals surface area contributed by atoms with Crippen molar-refractivity contribution in [1.29, 1.82) is 0 Å². The molecule has 0 radical (unpaired) electrons. The Hall–Kier alpha value is -0.570. The van der Waals surface area contributed by atoms with Crippen LogP contribution in [-0.2, 0) is 14.3 Å². The van der Waals surface area contributed by atoms with Gasteiger partial charge in [-0.3, -0.25) is 4.79 Å². The van der Waals surface area contributed by atoms with Gasteiger partial charge in [0.05, 0.1) is 19.6 Å². The molecule has 0 spiro atoms. The topological polar surface area (TPSA) is 35.5 Å². The van der Waals surface area contributed by atoms with Gasteiger partial charge in [0.15, 0.2) is 0 Å². The Balaban J connectivity index is 3.01. The van der Waals surface area contributed by atoms with Crippen LogP contribution in [0, 0.1) is 0 Å². The van der Waals surface area contributed by atoms with Gasteiger partial charge < -0.3 is 9.47 Å². The SMILES string of the molecule is CCCCCCCCOCCC(=O)OCC. The lowest BCUT2D eigenvalue weighted by Gasteiger charge is -2.04. The third-order valence-electron chi connectivity index (χ3n) is 2.40. The number of ether oxygens (including phenoxy) is 2. The van der Waals surface area contributed by atoms with Crippen LogP contribution >= 0.6 is 0 Å². The first-order valence-electron chi connectivity index (χ1n) is 6.54. The highest BCUT2D eigenvalue weighted by Gasteiger charge is 2.00. The molecule has 0 bridgehead atoms. The minimum Gasteiger partial charge on any atom is -0.466 e. The predicted octanol–water partition coefficient (Wildman–Crippen LogP) is 3.32. The van der Waals surface area contributed by atoms with Crippen LogP contribution < -0.4 is 0 Å². The van der Waals surface area contributed by atoms with Crippen LogP contribution in [0.4, 0.5) is 0 Å². The quantitative estimate of drug-likeness (QED) is 0.403. The minimum atomic E-state index is -0.162. The van der Waals surface area contributed by atoms with Crippen molar-refractivity contribution in [3.63, 3.8) is 0 Å². The molecule has 0 fully saturated rings. The van der Waals surface area contributed by atoms with Gasteiger partial charge in [-0.05, 0) is 13.3 Å². The van der Waals surface area contributed by atoms with Gasteiger partial charge >= 0.3 is 5.97 Å². The van der Waals surface area contributed by atoms with E-state index in [2.05, 4.69) is 6.92 Å². The normalized spacial score (nSPS) is 10.4. The lowest BCUT2D eigenvalue weighted by molar-refractivity contribution is -0.144. The van der Waals surface area contributed by atoms with Crippen molar-refractivity contribution < 1.29 is 14.3 Å². The average Bonchev–Trinajstić information content (AvgIpc) is 2.27. The van der Waals surface area contributed by atoms with E-state index in [1.54, 1.807) is 0 Å². The van der Waals surface area contributed by atoms with Crippen LogP contribution in [0.25, 0.3) is 0 Å². The van der Waals surface area contributed by atoms with Crippen molar-refractivity contribution in [3.8, 4) is 0 Å². The summed E-state index contributed by atoms with van der Waals surface area (Å²) >= 11 is 0. The van der Waals surface area contributed by atoms with Crippen LogP contribution in [-0.4, -0.2) is 25.8 Å². The van der Waals surface area contributed by atoms with E-state index in [4.69, 9.17) is 9.47 Å². The fourth-order valence-corrected chi connectivity index (χ4v) is 1.48. The summed E-state index contributed by atoms with van der Waals surface area (Å²) in [6.45, 7) is 5.75. The zero-order valence-electron chi connectivity index (χ0n) is 10.8. The second-order valence-corrected chi connectivity index (χ2v) is 3.94. The van der Waals surface area contributed by atoms with E-state index in [9.17, 15) is 4.79 Å². The van der Waals surface area contributed by atoms with Gasteiger partial charge in [-0.15, -0.1) is 0 Å². The highest BCUT2D eigenvalue weighted by atomic mass is 16.5. The summed E-state index contributed by atoms with van der Waals surface area (Å²) in [4.78, 5) is 10.9. The zero-order chi connectivity index (χ0) is 12.1. The van der Waals surface area contributed by atoms with Crippen LogP contribution in [0.3, 0.4) is 0 Å². The molecule has 0 aliphatic rings. The molecule has 0 aromatic carbocycles. The standard InChI is InChI=1S/C13H26O3/c1-3-5-6-7-8-9-11-15-12-10-13(14)16-4-2/h3-12H2,1-2H3. The van der Waals surface area contributed by atoms with Gasteiger partial charge in [0.2, 0.25) is 0 Å². The molecule has 0 heterocycles. The van der Waals surface area contributed by atoms with Crippen molar-refractivity contribution in [2.75, 3.05) is 19.8 Å². The third kappa shape index (κ3) is 11.5. The molecule has 0 aliphatic heterocycles. The Morgan fingerprint density at radius 3 is 2.31 bits per heavy atom. The van der Waals surface area contributed by atoms with Crippen molar-refractivity contribution in [1.82, 2.24) is 0 Å². The first kappa shape index (κ1) is 15.4. The predicted molar refractivity (Wildman–Crippen MR) is 65.4 cm³/mol. The molecule has 0 atom stereocenters. The minimum absolute atomic E-state index is 0.162. The molecule has 0 saturated carbocycles. The fraction of sp³-hybridized carbons (Fsp3) is 0.923. The van der Waals surface area contributed by atoms with Gasteiger partial charge in [-0.25, -0.2) is 0 Å². The molecule has 3 heteroatoms. The maximum Gasteiger partial charge on any atom is 0.308 e. The average molecular weight is 230 g/mol. The number of carbonyl (C=O) groups excluding carboxylic acids is 1. The van der Waals surface area contributed by atoms with Gasteiger partial charge in [0, 0.05) is 6.61 Å². The van der Waals surface area contributed by atoms with Crippen LogP contribution in [0.1, 0.15) is 58.8 Å². The fourth-order valence-electron chi connectivity index (χ4n) is 1.48. The number of unbranched alkanes of at least 4 members (excludes halogenated alkanes) is 5. The molecule has 3 nitrogen and oxygen atoms in total. The van der Waals surface area contributed by atoms with E-state index in [0.717, 1.165) is 13.0 Å². The van der Waals surface area contributed by atoms with E-state index in [1.807, 2.05) is 6.92 Å². The number of carbonyl (C=O) groups is 1. The summed E-state index contributed by atoms with van der Waals surface area (Å²) in [6.07, 6.45) is 7.98. The molecule has 96 valence electrons. The molecule has 0 aromatic heterocycles. The Labute approximate surface area is 99.5 Å². The van der Waals surface area contributed by atoms with Crippen molar-refractivity contribution >= 4 is 5.97 Å². The Morgan fingerprint density at radius 2 is 1.62 bits per heavy atom. The maximum atomic E-state index is 10.9. The molecule has 0 aromatic rings. The summed E-state index contributed by atoms with van der Waals surface area (Å²) in [5.41, 5.74) is 0. The second kappa shape index (κ2) is 12.5. The van der Waals surface area contributed by atoms with Gasteiger partial charge in [0.1, 0.15) is 0 Å². The summed E-state index contributed by atoms with van der Waals surface area (Å²) in [5, 5.41) is 0.